The second-order valence-electron chi connectivity index (χ2n) is 2.95. The third kappa shape index (κ3) is 1.52. The summed E-state index contributed by atoms with van der Waals surface area (Å²) in [6, 6.07) is 0. The van der Waals surface area contributed by atoms with E-state index in [0.29, 0.717) is 6.61 Å². The van der Waals surface area contributed by atoms with Crippen LogP contribution in [0.4, 0.5) is 0 Å². The number of allylic oxidation sites excluding steroid dienone is 1. The SMILES string of the molecule is C=C1[C@@H](/C=C/C)COC1(C)O. The molecule has 0 bridgehead atoms. The Morgan fingerprint density at radius 1 is 1.82 bits per heavy atom. The Balaban J connectivity index is 2.71. The van der Waals surface area contributed by atoms with Crippen molar-refractivity contribution in [2.45, 2.75) is 19.6 Å². The molecule has 0 aromatic carbocycles. The number of hydrogen-bond acceptors (Lipinski definition) is 2. The van der Waals surface area contributed by atoms with Crippen molar-refractivity contribution in [2.24, 2.45) is 5.92 Å². The summed E-state index contributed by atoms with van der Waals surface area (Å²) in [6.07, 6.45) is 3.93. The molecule has 0 amide bonds. The first-order valence-corrected chi connectivity index (χ1v) is 3.76. The number of aliphatic hydroxyl groups is 1. The maximum Gasteiger partial charge on any atom is 0.185 e. The van der Waals surface area contributed by atoms with Crippen molar-refractivity contribution in [1.82, 2.24) is 0 Å². The fourth-order valence-corrected chi connectivity index (χ4v) is 1.19. The molecule has 0 aromatic rings. The number of ether oxygens (including phenoxy) is 1. The van der Waals surface area contributed by atoms with Crippen LogP contribution in [-0.2, 0) is 4.74 Å². The fraction of sp³-hybridized carbons (Fsp3) is 0.556. The molecular weight excluding hydrogens is 140 g/mol. The van der Waals surface area contributed by atoms with Crippen LogP contribution in [0.25, 0.3) is 0 Å². The second kappa shape index (κ2) is 2.80. The van der Waals surface area contributed by atoms with Crippen molar-refractivity contribution in [1.29, 1.82) is 0 Å². The van der Waals surface area contributed by atoms with E-state index >= 15 is 0 Å². The lowest BCUT2D eigenvalue weighted by atomic mass is 9.98. The highest BCUT2D eigenvalue weighted by atomic mass is 16.6. The summed E-state index contributed by atoms with van der Waals surface area (Å²) in [4.78, 5) is 0. The molecule has 1 fully saturated rings. The summed E-state index contributed by atoms with van der Waals surface area (Å²) in [5.41, 5.74) is 0.746. The molecule has 62 valence electrons. The first-order valence-electron chi connectivity index (χ1n) is 3.76. The molecule has 1 heterocycles. The molecule has 11 heavy (non-hydrogen) atoms. The van der Waals surface area contributed by atoms with Gasteiger partial charge < -0.3 is 9.84 Å². The highest BCUT2D eigenvalue weighted by Crippen LogP contribution is 2.32. The van der Waals surface area contributed by atoms with E-state index in [1.54, 1.807) is 6.92 Å². The fourth-order valence-electron chi connectivity index (χ4n) is 1.19. The summed E-state index contributed by atoms with van der Waals surface area (Å²) < 4.78 is 5.12. The van der Waals surface area contributed by atoms with E-state index in [2.05, 4.69) is 6.58 Å². The van der Waals surface area contributed by atoms with Crippen molar-refractivity contribution in [2.75, 3.05) is 6.61 Å². The van der Waals surface area contributed by atoms with E-state index in [1.807, 2.05) is 19.1 Å². The molecule has 2 atom stereocenters. The molecule has 1 N–H and O–H groups in total. The maximum atomic E-state index is 9.50. The average Bonchev–Trinajstić information content (AvgIpc) is 2.17. The minimum atomic E-state index is -1.12. The summed E-state index contributed by atoms with van der Waals surface area (Å²) in [6.45, 7) is 7.89. The third-order valence-corrected chi connectivity index (χ3v) is 2.01. The zero-order valence-electron chi connectivity index (χ0n) is 7.00. The minimum absolute atomic E-state index is 0.176. The Labute approximate surface area is 67.2 Å². The Kier molecular flexibility index (Phi) is 2.16. The number of rotatable bonds is 1. The average molecular weight is 154 g/mol. The van der Waals surface area contributed by atoms with Gasteiger partial charge in [-0.25, -0.2) is 0 Å². The lowest BCUT2D eigenvalue weighted by molar-refractivity contribution is -0.132. The van der Waals surface area contributed by atoms with Crippen LogP contribution in [0.15, 0.2) is 24.3 Å². The van der Waals surface area contributed by atoms with Gasteiger partial charge in [-0.1, -0.05) is 18.7 Å². The van der Waals surface area contributed by atoms with Gasteiger partial charge in [0, 0.05) is 5.92 Å². The molecular formula is C9H14O2. The molecule has 0 aromatic heterocycles. The van der Waals surface area contributed by atoms with E-state index < -0.39 is 5.79 Å². The minimum Gasteiger partial charge on any atom is -0.362 e. The van der Waals surface area contributed by atoms with Crippen LogP contribution >= 0.6 is 0 Å². The molecule has 1 rings (SSSR count). The van der Waals surface area contributed by atoms with Gasteiger partial charge in [-0.3, -0.25) is 0 Å². The monoisotopic (exact) mass is 154 g/mol. The van der Waals surface area contributed by atoms with Gasteiger partial charge in [-0.2, -0.15) is 0 Å². The number of hydrogen-bond donors (Lipinski definition) is 1. The molecule has 1 saturated heterocycles. The van der Waals surface area contributed by atoms with Gasteiger partial charge >= 0.3 is 0 Å². The lowest BCUT2D eigenvalue weighted by Gasteiger charge is -2.16. The van der Waals surface area contributed by atoms with Crippen LogP contribution in [0.2, 0.25) is 0 Å². The molecule has 1 aliphatic rings. The Morgan fingerprint density at radius 3 is 2.82 bits per heavy atom. The summed E-state index contributed by atoms with van der Waals surface area (Å²) >= 11 is 0. The van der Waals surface area contributed by atoms with Gasteiger partial charge in [0.1, 0.15) is 0 Å². The molecule has 0 saturated carbocycles. The highest BCUT2D eigenvalue weighted by molar-refractivity contribution is 5.20. The van der Waals surface area contributed by atoms with E-state index in [0.717, 1.165) is 5.57 Å². The van der Waals surface area contributed by atoms with E-state index in [4.69, 9.17) is 4.74 Å². The smallest absolute Gasteiger partial charge is 0.185 e. The molecule has 0 aliphatic carbocycles. The van der Waals surface area contributed by atoms with E-state index in [1.165, 1.54) is 0 Å². The largest absolute Gasteiger partial charge is 0.362 e. The molecule has 1 aliphatic heterocycles. The molecule has 2 nitrogen and oxygen atoms in total. The molecule has 1 unspecified atom stereocenters. The molecule has 0 radical (unpaired) electrons. The van der Waals surface area contributed by atoms with Crippen LogP contribution in [0.5, 0.6) is 0 Å². The highest BCUT2D eigenvalue weighted by Gasteiger charge is 2.36. The first kappa shape index (κ1) is 8.50. The lowest BCUT2D eigenvalue weighted by Crippen LogP contribution is -2.23. The Hall–Kier alpha value is -0.600. The molecule has 0 spiro atoms. The second-order valence-corrected chi connectivity index (χ2v) is 2.95. The van der Waals surface area contributed by atoms with Gasteiger partial charge in [0.05, 0.1) is 6.61 Å². The van der Waals surface area contributed by atoms with Crippen molar-refractivity contribution < 1.29 is 9.84 Å². The predicted molar refractivity (Wildman–Crippen MR) is 44.0 cm³/mol. The quantitative estimate of drug-likeness (QED) is 0.579. The van der Waals surface area contributed by atoms with Gasteiger partial charge in [-0.15, -0.1) is 0 Å². The van der Waals surface area contributed by atoms with Crippen molar-refractivity contribution in [3.05, 3.63) is 24.3 Å². The Morgan fingerprint density at radius 2 is 2.45 bits per heavy atom. The van der Waals surface area contributed by atoms with E-state index in [-0.39, 0.29) is 5.92 Å². The van der Waals surface area contributed by atoms with Crippen LogP contribution in [-0.4, -0.2) is 17.5 Å². The van der Waals surface area contributed by atoms with E-state index in [9.17, 15) is 5.11 Å². The van der Waals surface area contributed by atoms with Gasteiger partial charge in [0.15, 0.2) is 5.79 Å². The van der Waals surface area contributed by atoms with Crippen molar-refractivity contribution in [3.8, 4) is 0 Å². The van der Waals surface area contributed by atoms with Gasteiger partial charge in [0.25, 0.3) is 0 Å². The van der Waals surface area contributed by atoms with Crippen molar-refractivity contribution >= 4 is 0 Å². The summed E-state index contributed by atoms with van der Waals surface area (Å²) in [7, 11) is 0. The predicted octanol–water partition coefficient (Wildman–Crippen LogP) is 1.47. The van der Waals surface area contributed by atoms with Crippen LogP contribution in [0, 0.1) is 5.92 Å². The Bertz CT molecular complexity index is 192. The van der Waals surface area contributed by atoms with Crippen LogP contribution in [0.1, 0.15) is 13.8 Å². The first-order chi connectivity index (χ1) is 5.08. The molecule has 2 heteroatoms. The third-order valence-electron chi connectivity index (χ3n) is 2.01. The van der Waals surface area contributed by atoms with Gasteiger partial charge in [0.2, 0.25) is 0 Å². The summed E-state index contributed by atoms with van der Waals surface area (Å²) in [5, 5.41) is 9.50. The van der Waals surface area contributed by atoms with Gasteiger partial charge in [-0.05, 0) is 19.4 Å². The normalized spacial score (nSPS) is 38.8. The summed E-state index contributed by atoms with van der Waals surface area (Å²) in [5.74, 6) is -0.945. The topological polar surface area (TPSA) is 29.5 Å². The van der Waals surface area contributed by atoms with Crippen LogP contribution < -0.4 is 0 Å². The van der Waals surface area contributed by atoms with Crippen LogP contribution in [0.3, 0.4) is 0 Å². The van der Waals surface area contributed by atoms with Crippen molar-refractivity contribution in [3.63, 3.8) is 0 Å². The standard InChI is InChI=1S/C9H14O2/c1-4-5-8-6-11-9(3,10)7(8)2/h4-5,8,10H,2,6H2,1,3H3/b5-4+/t8-,9?/m0/s1. The maximum absolute atomic E-state index is 9.50. The zero-order valence-corrected chi connectivity index (χ0v) is 7.00. The zero-order chi connectivity index (χ0) is 8.48.